The van der Waals surface area contributed by atoms with E-state index in [1.54, 1.807) is 0 Å². The molecule has 0 fully saturated rings. The molecular weight excluding hydrogens is 252 g/mol. The Balaban J connectivity index is 2.25. The molecule has 0 aliphatic rings. The first kappa shape index (κ1) is 14.2. The smallest absolute Gasteiger partial charge is 0.225 e. The van der Waals surface area contributed by atoms with Crippen LogP contribution in [-0.4, -0.2) is 17.5 Å². The summed E-state index contributed by atoms with van der Waals surface area (Å²) in [5.74, 6) is -0.272. The Morgan fingerprint density at radius 2 is 1.55 bits per heavy atom. The zero-order valence-electron chi connectivity index (χ0n) is 11.2. The van der Waals surface area contributed by atoms with Crippen molar-refractivity contribution in [2.75, 3.05) is 6.54 Å². The molecule has 0 aliphatic heterocycles. The lowest BCUT2D eigenvalue weighted by Crippen LogP contribution is -2.34. The monoisotopic (exact) mass is 270 g/mol. The maximum atomic E-state index is 11.4. The molecule has 0 aliphatic carbocycles. The molecule has 0 heterocycles. The van der Waals surface area contributed by atoms with E-state index in [-0.39, 0.29) is 17.4 Å². The molecule has 0 radical (unpaired) electrons. The van der Waals surface area contributed by atoms with Crippen LogP contribution in [0.5, 0.6) is 0 Å². The van der Waals surface area contributed by atoms with E-state index in [2.05, 4.69) is 0 Å². The van der Waals surface area contributed by atoms with Gasteiger partial charge in [0.1, 0.15) is 0 Å². The standard InChI is InChI=1S/C16H18N2O2/c17-12-15(14-9-5-2-6-10-14)16(18(19)20)11-13-7-3-1-4-8-13/h1-10,15-16H,11-12,17H2. The van der Waals surface area contributed by atoms with Crippen LogP contribution in [0.1, 0.15) is 17.0 Å². The Bertz CT molecular complexity index is 543. The fourth-order valence-electron chi connectivity index (χ4n) is 2.43. The number of hydrogen-bond donors (Lipinski definition) is 1. The molecule has 2 atom stereocenters. The van der Waals surface area contributed by atoms with Gasteiger partial charge >= 0.3 is 0 Å². The third kappa shape index (κ3) is 3.42. The predicted octanol–water partition coefficient (Wildman–Crippen LogP) is 2.62. The lowest BCUT2D eigenvalue weighted by molar-refractivity contribution is -0.526. The van der Waals surface area contributed by atoms with Crippen molar-refractivity contribution >= 4 is 0 Å². The number of nitrogens with two attached hydrogens (primary N) is 1. The number of nitro groups is 1. The highest BCUT2D eigenvalue weighted by Gasteiger charge is 2.31. The van der Waals surface area contributed by atoms with Crippen LogP contribution in [-0.2, 0) is 6.42 Å². The van der Waals surface area contributed by atoms with Crippen molar-refractivity contribution in [3.63, 3.8) is 0 Å². The van der Waals surface area contributed by atoms with Gasteiger partial charge in [0.15, 0.2) is 0 Å². The van der Waals surface area contributed by atoms with Gasteiger partial charge in [-0.15, -0.1) is 0 Å². The van der Waals surface area contributed by atoms with Crippen molar-refractivity contribution in [2.24, 2.45) is 5.73 Å². The quantitative estimate of drug-likeness (QED) is 0.648. The minimum absolute atomic E-state index is 0.211. The third-order valence-electron chi connectivity index (χ3n) is 3.50. The number of nitrogens with zero attached hydrogens (tertiary/aromatic N) is 1. The highest BCUT2D eigenvalue weighted by atomic mass is 16.6. The highest BCUT2D eigenvalue weighted by molar-refractivity contribution is 5.23. The van der Waals surface area contributed by atoms with Gasteiger partial charge in [-0.3, -0.25) is 10.1 Å². The Kier molecular flexibility index (Phi) is 4.85. The van der Waals surface area contributed by atoms with Crippen LogP contribution < -0.4 is 5.73 Å². The van der Waals surface area contributed by atoms with Gasteiger partial charge < -0.3 is 5.73 Å². The minimum atomic E-state index is -0.704. The van der Waals surface area contributed by atoms with Gasteiger partial charge in [0.25, 0.3) is 0 Å². The molecule has 2 rings (SSSR count). The van der Waals surface area contributed by atoms with Crippen LogP contribution in [0.3, 0.4) is 0 Å². The molecule has 2 unspecified atom stereocenters. The molecule has 0 saturated carbocycles. The number of benzene rings is 2. The van der Waals surface area contributed by atoms with Crippen LogP contribution in [0, 0.1) is 10.1 Å². The maximum absolute atomic E-state index is 11.4. The van der Waals surface area contributed by atoms with Gasteiger partial charge in [0, 0.05) is 17.9 Å². The molecule has 0 saturated heterocycles. The van der Waals surface area contributed by atoms with Crippen molar-refractivity contribution < 1.29 is 4.92 Å². The summed E-state index contributed by atoms with van der Waals surface area (Å²) in [6.07, 6.45) is 0.393. The van der Waals surface area contributed by atoms with E-state index < -0.39 is 6.04 Å². The predicted molar refractivity (Wildman–Crippen MR) is 79.2 cm³/mol. The molecular formula is C16H18N2O2. The van der Waals surface area contributed by atoms with Crippen LogP contribution in [0.15, 0.2) is 60.7 Å². The molecule has 2 N–H and O–H groups in total. The van der Waals surface area contributed by atoms with E-state index in [4.69, 9.17) is 5.73 Å². The summed E-state index contributed by atoms with van der Waals surface area (Å²) < 4.78 is 0. The van der Waals surface area contributed by atoms with Crippen molar-refractivity contribution in [1.82, 2.24) is 0 Å². The van der Waals surface area contributed by atoms with E-state index in [9.17, 15) is 10.1 Å². The molecule has 0 aromatic heterocycles. The molecule has 0 amide bonds. The molecule has 2 aromatic carbocycles. The SMILES string of the molecule is NCC(c1ccccc1)C(Cc1ccccc1)[N+](=O)[O-]. The highest BCUT2D eigenvalue weighted by Crippen LogP contribution is 2.23. The van der Waals surface area contributed by atoms with Gasteiger partial charge in [-0.2, -0.15) is 0 Å². The molecule has 0 spiro atoms. The summed E-state index contributed by atoms with van der Waals surface area (Å²) >= 11 is 0. The van der Waals surface area contributed by atoms with Crippen LogP contribution in [0.4, 0.5) is 0 Å². The second kappa shape index (κ2) is 6.82. The van der Waals surface area contributed by atoms with Gasteiger partial charge in [-0.25, -0.2) is 0 Å². The van der Waals surface area contributed by atoms with Crippen molar-refractivity contribution in [3.8, 4) is 0 Å². The summed E-state index contributed by atoms with van der Waals surface area (Å²) in [5.41, 5.74) is 7.68. The second-order valence-electron chi connectivity index (χ2n) is 4.80. The van der Waals surface area contributed by atoms with E-state index in [1.807, 2.05) is 60.7 Å². The maximum Gasteiger partial charge on any atom is 0.225 e. The van der Waals surface area contributed by atoms with E-state index in [1.165, 1.54) is 0 Å². The lowest BCUT2D eigenvalue weighted by atomic mass is 9.88. The van der Waals surface area contributed by atoms with Crippen molar-refractivity contribution in [2.45, 2.75) is 18.4 Å². The molecule has 4 heteroatoms. The largest absolute Gasteiger partial charge is 0.330 e. The summed E-state index contributed by atoms with van der Waals surface area (Å²) in [6.45, 7) is 0.266. The van der Waals surface area contributed by atoms with Gasteiger partial charge in [0.2, 0.25) is 6.04 Å². The van der Waals surface area contributed by atoms with E-state index in [0.717, 1.165) is 11.1 Å². The molecule has 4 nitrogen and oxygen atoms in total. The topological polar surface area (TPSA) is 69.2 Å². The zero-order chi connectivity index (χ0) is 14.4. The first-order chi connectivity index (χ1) is 9.72. The Hall–Kier alpha value is -2.20. The molecule has 0 bridgehead atoms. The summed E-state index contributed by atoms with van der Waals surface area (Å²) in [4.78, 5) is 11.2. The van der Waals surface area contributed by atoms with E-state index >= 15 is 0 Å². The van der Waals surface area contributed by atoms with Crippen LogP contribution >= 0.6 is 0 Å². The second-order valence-corrected chi connectivity index (χ2v) is 4.80. The fourth-order valence-corrected chi connectivity index (χ4v) is 2.43. The minimum Gasteiger partial charge on any atom is -0.330 e. The van der Waals surface area contributed by atoms with E-state index in [0.29, 0.717) is 6.42 Å². The average molecular weight is 270 g/mol. The van der Waals surface area contributed by atoms with Crippen LogP contribution in [0.25, 0.3) is 0 Å². The third-order valence-corrected chi connectivity index (χ3v) is 3.50. The summed E-state index contributed by atoms with van der Waals surface area (Å²) in [5, 5.41) is 11.4. The molecule has 104 valence electrons. The average Bonchev–Trinajstić information content (AvgIpc) is 2.49. The fraction of sp³-hybridized carbons (Fsp3) is 0.250. The summed E-state index contributed by atoms with van der Waals surface area (Å²) in [6, 6.07) is 18.3. The first-order valence-corrected chi connectivity index (χ1v) is 6.65. The lowest BCUT2D eigenvalue weighted by Gasteiger charge is -2.20. The molecule has 20 heavy (non-hydrogen) atoms. The van der Waals surface area contributed by atoms with Crippen LogP contribution in [0.2, 0.25) is 0 Å². The van der Waals surface area contributed by atoms with Crippen molar-refractivity contribution in [3.05, 3.63) is 81.9 Å². The Morgan fingerprint density at radius 3 is 2.05 bits per heavy atom. The van der Waals surface area contributed by atoms with Gasteiger partial charge in [-0.1, -0.05) is 60.7 Å². The number of hydrogen-bond acceptors (Lipinski definition) is 3. The Labute approximate surface area is 118 Å². The first-order valence-electron chi connectivity index (χ1n) is 6.65. The Morgan fingerprint density at radius 1 is 1.00 bits per heavy atom. The number of rotatable bonds is 6. The molecule has 2 aromatic rings. The van der Waals surface area contributed by atoms with Gasteiger partial charge in [0.05, 0.1) is 5.92 Å². The van der Waals surface area contributed by atoms with Gasteiger partial charge in [-0.05, 0) is 11.1 Å². The van der Waals surface area contributed by atoms with Crippen molar-refractivity contribution in [1.29, 1.82) is 0 Å². The normalized spacial score (nSPS) is 13.7. The summed E-state index contributed by atoms with van der Waals surface area (Å²) in [7, 11) is 0. The zero-order valence-corrected chi connectivity index (χ0v) is 11.2.